The molecule has 0 radical (unpaired) electrons. The molecule has 4 heteroatoms. The first-order valence-electron chi connectivity index (χ1n) is 9.40. The number of carbonyl (C=O) groups is 1. The third kappa shape index (κ3) is 2.88. The quantitative estimate of drug-likeness (QED) is 0.436. The summed E-state index contributed by atoms with van der Waals surface area (Å²) in [6, 6.07) is 15.4. The molecule has 0 spiro atoms. The van der Waals surface area contributed by atoms with E-state index >= 15 is 0 Å². The van der Waals surface area contributed by atoms with Crippen LogP contribution < -0.4 is 4.74 Å². The average molecular weight is 354 g/mol. The van der Waals surface area contributed by atoms with Crippen LogP contribution in [-0.4, -0.2) is 36.8 Å². The summed E-state index contributed by atoms with van der Waals surface area (Å²) in [6.45, 7) is 11.6. The lowest BCUT2D eigenvalue weighted by atomic mass is 9.74. The van der Waals surface area contributed by atoms with Crippen molar-refractivity contribution >= 4 is 5.97 Å². The summed E-state index contributed by atoms with van der Waals surface area (Å²) in [5.41, 5.74) is 0.827. The molecule has 0 saturated carbocycles. The number of rotatable bonds is 6. The zero-order valence-electron chi connectivity index (χ0n) is 16.1. The molecule has 0 aliphatic carbocycles. The number of nitrogens with zero attached hydrogens (tertiary/aromatic N) is 1. The van der Waals surface area contributed by atoms with Gasteiger partial charge in [0.25, 0.3) is 0 Å². The number of hydrogen-bond donors (Lipinski definition) is 0. The van der Waals surface area contributed by atoms with Gasteiger partial charge in [0.15, 0.2) is 0 Å². The van der Waals surface area contributed by atoms with Gasteiger partial charge in [-0.2, -0.15) is 0 Å². The molecular weight excluding hydrogens is 326 g/mol. The molecule has 2 aromatic rings. The number of fused-ring (bicyclic) bond motifs is 2. The van der Waals surface area contributed by atoms with Crippen molar-refractivity contribution in [2.75, 3.05) is 26.4 Å². The zero-order valence-corrected chi connectivity index (χ0v) is 16.1. The maximum Gasteiger partial charge on any atom is 0.325 e. The molecule has 2 aromatic carbocycles. The predicted octanol–water partition coefficient (Wildman–Crippen LogP) is 4.48. The predicted molar refractivity (Wildman–Crippen MR) is 102 cm³/mol. The second-order valence-electron chi connectivity index (χ2n) is 7.07. The van der Waals surface area contributed by atoms with E-state index in [9.17, 15) is 4.79 Å². The molecule has 0 saturated heterocycles. The Morgan fingerprint density at radius 2 is 1.38 bits per heavy atom. The Balaban J connectivity index is 1.99. The largest absolute Gasteiger partial charge is 0.457 e. The highest BCUT2D eigenvalue weighted by Gasteiger charge is 2.46. The van der Waals surface area contributed by atoms with Crippen LogP contribution in [0.5, 0.6) is 11.5 Å². The fourth-order valence-electron chi connectivity index (χ4n) is 3.71. The van der Waals surface area contributed by atoms with Crippen molar-refractivity contribution in [3.05, 3.63) is 59.7 Å². The van der Waals surface area contributed by atoms with Crippen LogP contribution in [0.3, 0.4) is 0 Å². The number of esters is 1. The van der Waals surface area contributed by atoms with E-state index < -0.39 is 5.41 Å². The highest BCUT2D eigenvalue weighted by atomic mass is 16.5. The van der Waals surface area contributed by atoms with Crippen molar-refractivity contribution in [3.63, 3.8) is 0 Å². The topological polar surface area (TPSA) is 35.5 Å². The SMILES string of the molecule is CC[N+](CC)(CC)COC(=O)C1(C)c2ccccc2Oc2ccccc21. The van der Waals surface area contributed by atoms with Crippen molar-refractivity contribution in [2.24, 2.45) is 0 Å². The summed E-state index contributed by atoms with van der Waals surface area (Å²) in [4.78, 5) is 13.4. The summed E-state index contributed by atoms with van der Waals surface area (Å²) in [6.07, 6.45) is 0. The Bertz CT molecular complexity index is 742. The van der Waals surface area contributed by atoms with Crippen molar-refractivity contribution in [1.82, 2.24) is 0 Å². The first-order valence-corrected chi connectivity index (χ1v) is 9.40. The van der Waals surface area contributed by atoms with Crippen LogP contribution in [0.15, 0.2) is 48.5 Å². The molecule has 0 amide bonds. The van der Waals surface area contributed by atoms with E-state index in [0.717, 1.165) is 35.2 Å². The summed E-state index contributed by atoms with van der Waals surface area (Å²) in [5.74, 6) is 1.21. The number of hydrogen-bond acceptors (Lipinski definition) is 3. The average Bonchev–Trinajstić information content (AvgIpc) is 2.69. The summed E-state index contributed by atoms with van der Waals surface area (Å²) in [5, 5.41) is 0. The van der Waals surface area contributed by atoms with Crippen LogP contribution in [0.25, 0.3) is 0 Å². The molecule has 1 aliphatic heterocycles. The zero-order chi connectivity index (χ0) is 18.8. The van der Waals surface area contributed by atoms with Crippen molar-refractivity contribution in [1.29, 1.82) is 0 Å². The summed E-state index contributed by atoms with van der Waals surface area (Å²) >= 11 is 0. The van der Waals surface area contributed by atoms with Gasteiger partial charge >= 0.3 is 5.97 Å². The second-order valence-corrected chi connectivity index (χ2v) is 7.07. The first-order chi connectivity index (χ1) is 12.5. The lowest BCUT2D eigenvalue weighted by Crippen LogP contribution is -2.51. The van der Waals surface area contributed by atoms with Gasteiger partial charge in [0.2, 0.25) is 6.73 Å². The highest BCUT2D eigenvalue weighted by Crippen LogP contribution is 2.48. The molecule has 0 atom stereocenters. The molecular formula is C22H28NO3+. The van der Waals surface area contributed by atoms with Gasteiger partial charge in [-0.1, -0.05) is 36.4 Å². The van der Waals surface area contributed by atoms with Gasteiger partial charge in [0.05, 0.1) is 19.6 Å². The van der Waals surface area contributed by atoms with Gasteiger partial charge in [-0.25, -0.2) is 0 Å². The Morgan fingerprint density at radius 1 is 0.923 bits per heavy atom. The number of para-hydroxylation sites is 2. The Hall–Kier alpha value is -2.33. The summed E-state index contributed by atoms with van der Waals surface area (Å²) < 4.78 is 12.7. The Morgan fingerprint density at radius 3 is 1.85 bits per heavy atom. The molecule has 1 aliphatic rings. The normalized spacial score (nSPS) is 14.8. The third-order valence-corrected chi connectivity index (χ3v) is 5.96. The molecule has 0 aromatic heterocycles. The van der Waals surface area contributed by atoms with E-state index in [1.54, 1.807) is 0 Å². The molecule has 0 bridgehead atoms. The van der Waals surface area contributed by atoms with E-state index in [0.29, 0.717) is 18.2 Å². The Labute approximate surface area is 155 Å². The third-order valence-electron chi connectivity index (χ3n) is 5.96. The highest BCUT2D eigenvalue weighted by molar-refractivity contribution is 5.90. The second kappa shape index (κ2) is 7.12. The van der Waals surface area contributed by atoms with Crippen molar-refractivity contribution < 1.29 is 18.8 Å². The van der Waals surface area contributed by atoms with E-state index in [1.165, 1.54) is 0 Å². The van der Waals surface area contributed by atoms with Gasteiger partial charge in [0.1, 0.15) is 16.9 Å². The van der Waals surface area contributed by atoms with Crippen LogP contribution in [-0.2, 0) is 14.9 Å². The van der Waals surface area contributed by atoms with Crippen molar-refractivity contribution in [2.45, 2.75) is 33.1 Å². The molecule has 26 heavy (non-hydrogen) atoms. The number of quaternary nitrogens is 1. The first kappa shape index (κ1) is 18.5. The molecule has 0 fully saturated rings. The van der Waals surface area contributed by atoms with E-state index in [1.807, 2.05) is 55.5 Å². The fourth-order valence-corrected chi connectivity index (χ4v) is 3.71. The van der Waals surface area contributed by atoms with Gasteiger partial charge < -0.3 is 9.47 Å². The van der Waals surface area contributed by atoms with Crippen molar-refractivity contribution in [3.8, 4) is 11.5 Å². The lowest BCUT2D eigenvalue weighted by molar-refractivity contribution is -0.938. The number of ether oxygens (including phenoxy) is 2. The maximum atomic E-state index is 13.4. The smallest absolute Gasteiger partial charge is 0.325 e. The monoisotopic (exact) mass is 354 g/mol. The molecule has 0 unspecified atom stereocenters. The van der Waals surface area contributed by atoms with E-state index in [-0.39, 0.29) is 5.97 Å². The van der Waals surface area contributed by atoms with Gasteiger partial charge in [-0.3, -0.25) is 9.28 Å². The molecule has 3 rings (SSSR count). The van der Waals surface area contributed by atoms with Crippen LogP contribution in [0.1, 0.15) is 38.8 Å². The van der Waals surface area contributed by atoms with Crippen LogP contribution in [0.4, 0.5) is 0 Å². The number of benzene rings is 2. The van der Waals surface area contributed by atoms with Crippen LogP contribution in [0.2, 0.25) is 0 Å². The maximum absolute atomic E-state index is 13.4. The molecule has 4 nitrogen and oxygen atoms in total. The minimum Gasteiger partial charge on any atom is -0.457 e. The van der Waals surface area contributed by atoms with Crippen LogP contribution in [0, 0.1) is 0 Å². The lowest BCUT2D eigenvalue weighted by Gasteiger charge is -2.38. The fraction of sp³-hybridized carbons (Fsp3) is 0.409. The summed E-state index contributed by atoms with van der Waals surface area (Å²) in [7, 11) is 0. The van der Waals surface area contributed by atoms with Crippen LogP contribution >= 0.6 is 0 Å². The molecule has 138 valence electrons. The van der Waals surface area contributed by atoms with Gasteiger partial charge in [0, 0.05) is 11.1 Å². The minimum atomic E-state index is -0.879. The molecule has 1 heterocycles. The minimum absolute atomic E-state index is 0.224. The number of carbonyl (C=O) groups excluding carboxylic acids is 1. The van der Waals surface area contributed by atoms with E-state index in [2.05, 4.69) is 20.8 Å². The Kier molecular flexibility index (Phi) is 5.05. The standard InChI is InChI=1S/C22H28NO3/c1-5-23(6-2,7-3)16-25-21(24)22(4)17-12-8-10-14-19(17)26-20-15-11-9-13-18(20)22/h8-15H,5-7,16H2,1-4H3/q+1. The van der Waals surface area contributed by atoms with Gasteiger partial charge in [-0.05, 0) is 39.8 Å². The van der Waals surface area contributed by atoms with E-state index in [4.69, 9.17) is 9.47 Å². The molecule has 0 N–H and O–H groups in total. The van der Waals surface area contributed by atoms with Gasteiger partial charge in [-0.15, -0.1) is 0 Å².